The fraction of sp³-hybridized carbons (Fsp3) is 0.667. The number of ether oxygens (including phenoxy) is 4. The van der Waals surface area contributed by atoms with Crippen molar-refractivity contribution in [1.29, 1.82) is 0 Å². The first-order valence-corrected chi connectivity index (χ1v) is 11.4. The molecule has 2 saturated carbocycles. The summed E-state index contributed by atoms with van der Waals surface area (Å²) in [5.74, 6) is -4.22. The van der Waals surface area contributed by atoms with Gasteiger partial charge in [-0.05, 0) is 43.6 Å². The number of hydrogen-bond donors (Lipinski definition) is 1. The zero-order chi connectivity index (χ0) is 24.9. The lowest BCUT2D eigenvalue weighted by molar-refractivity contribution is -0.260. The molecule has 10 nitrogen and oxygen atoms in total. The van der Waals surface area contributed by atoms with Crippen molar-refractivity contribution in [3.05, 3.63) is 24.2 Å². The molecule has 1 aromatic rings. The van der Waals surface area contributed by atoms with E-state index in [1.54, 1.807) is 6.07 Å². The highest BCUT2D eigenvalue weighted by atomic mass is 16.6. The highest BCUT2D eigenvalue weighted by molar-refractivity contribution is 5.94. The molecule has 0 aromatic carbocycles. The topological polar surface area (TPSA) is 139 Å². The average Bonchev–Trinajstić information content (AvgIpc) is 3.46. The Bertz CT molecular complexity index is 986. The predicted molar refractivity (Wildman–Crippen MR) is 113 cm³/mol. The van der Waals surface area contributed by atoms with Gasteiger partial charge in [0.25, 0.3) is 0 Å². The first kappa shape index (κ1) is 24.3. The molecule has 0 bridgehead atoms. The normalized spacial score (nSPS) is 39.1. The van der Waals surface area contributed by atoms with Crippen LogP contribution in [0.1, 0.15) is 57.6 Å². The monoisotopic (exact) mass is 478 g/mol. The molecule has 1 aliphatic heterocycles. The summed E-state index contributed by atoms with van der Waals surface area (Å²) in [6.07, 6.45) is 1.92. The van der Waals surface area contributed by atoms with Crippen LogP contribution in [0.3, 0.4) is 0 Å². The summed E-state index contributed by atoms with van der Waals surface area (Å²) < 4.78 is 26.4. The Morgan fingerprint density at radius 3 is 2.41 bits per heavy atom. The molecule has 7 atom stereocenters. The van der Waals surface area contributed by atoms with E-state index in [4.69, 9.17) is 23.4 Å². The van der Waals surface area contributed by atoms with E-state index >= 15 is 0 Å². The quantitative estimate of drug-likeness (QED) is 0.505. The van der Waals surface area contributed by atoms with Crippen molar-refractivity contribution in [2.45, 2.75) is 63.8 Å². The number of esters is 4. The standard InChI is InChI=1S/C24H30O10/c1-13-7-9-23(20(27)30-3)17(5-6-18(33-14(2)25)24(23,29)21(28)31-4)22(13)11-16(34-19(22)26)15-8-10-32-12-15/h8,10,12-13,16-18,29H,5-7,9,11H2,1-4H3/t13-,16+,17+,18-,22-,23-,24-/m0/s1. The van der Waals surface area contributed by atoms with Crippen molar-refractivity contribution < 1.29 is 47.6 Å². The maximum Gasteiger partial charge on any atom is 0.343 e. The lowest BCUT2D eigenvalue weighted by atomic mass is 9.42. The summed E-state index contributed by atoms with van der Waals surface area (Å²) in [5.41, 5.74) is -4.94. The molecule has 186 valence electrons. The highest BCUT2D eigenvalue weighted by Gasteiger charge is 2.79. The lowest BCUT2D eigenvalue weighted by Gasteiger charge is -2.61. The first-order valence-electron chi connectivity index (χ1n) is 11.4. The molecule has 1 N–H and O–H groups in total. The Labute approximate surface area is 196 Å². The maximum atomic E-state index is 13.6. The van der Waals surface area contributed by atoms with Gasteiger partial charge in [0.15, 0.2) is 0 Å². The van der Waals surface area contributed by atoms with Crippen LogP contribution in [0.25, 0.3) is 0 Å². The molecule has 10 heteroatoms. The molecule has 1 spiro atoms. The Balaban J connectivity index is 1.90. The van der Waals surface area contributed by atoms with Gasteiger partial charge in [0.1, 0.15) is 17.6 Å². The van der Waals surface area contributed by atoms with Crippen molar-refractivity contribution in [3.63, 3.8) is 0 Å². The number of carbonyl (C=O) groups excluding carboxylic acids is 4. The zero-order valence-corrected chi connectivity index (χ0v) is 19.7. The molecule has 3 fully saturated rings. The van der Waals surface area contributed by atoms with E-state index in [2.05, 4.69) is 0 Å². The van der Waals surface area contributed by atoms with Gasteiger partial charge in [-0.1, -0.05) is 6.92 Å². The van der Waals surface area contributed by atoms with Crippen LogP contribution < -0.4 is 0 Å². The summed E-state index contributed by atoms with van der Waals surface area (Å²) in [4.78, 5) is 52.2. The van der Waals surface area contributed by atoms with Gasteiger partial charge >= 0.3 is 23.9 Å². The van der Waals surface area contributed by atoms with Gasteiger partial charge in [-0.15, -0.1) is 0 Å². The van der Waals surface area contributed by atoms with Gasteiger partial charge in [-0.3, -0.25) is 14.4 Å². The van der Waals surface area contributed by atoms with Crippen LogP contribution in [0.4, 0.5) is 0 Å². The minimum atomic E-state index is -2.55. The van der Waals surface area contributed by atoms with E-state index in [1.165, 1.54) is 12.5 Å². The number of rotatable bonds is 4. The van der Waals surface area contributed by atoms with Gasteiger partial charge in [0.05, 0.1) is 32.2 Å². The molecule has 1 aromatic heterocycles. The first-order chi connectivity index (χ1) is 16.1. The smallest absolute Gasteiger partial charge is 0.343 e. The van der Waals surface area contributed by atoms with Gasteiger partial charge in [0.2, 0.25) is 5.60 Å². The second-order valence-corrected chi connectivity index (χ2v) is 9.58. The summed E-state index contributed by atoms with van der Waals surface area (Å²) in [6.45, 7) is 3.07. The van der Waals surface area contributed by atoms with Crippen LogP contribution >= 0.6 is 0 Å². The van der Waals surface area contributed by atoms with Crippen molar-refractivity contribution in [2.24, 2.45) is 22.7 Å². The maximum absolute atomic E-state index is 13.6. The Morgan fingerprint density at radius 1 is 1.12 bits per heavy atom. The summed E-state index contributed by atoms with van der Waals surface area (Å²) >= 11 is 0. The van der Waals surface area contributed by atoms with Crippen molar-refractivity contribution >= 4 is 23.9 Å². The SMILES string of the molecule is COC(=O)[C@@]1(O)[C@@H](OC(C)=O)CC[C@@H]2[C@]3(C[C@H](c4ccoc4)OC3=O)[C@@H](C)CC[C@@]21C(=O)OC. The van der Waals surface area contributed by atoms with Crippen molar-refractivity contribution in [2.75, 3.05) is 14.2 Å². The second-order valence-electron chi connectivity index (χ2n) is 9.58. The number of methoxy groups -OCH3 is 2. The van der Waals surface area contributed by atoms with Crippen LogP contribution in [0, 0.1) is 22.7 Å². The van der Waals surface area contributed by atoms with E-state index in [-0.39, 0.29) is 31.6 Å². The minimum absolute atomic E-state index is 0.0419. The molecule has 2 aliphatic carbocycles. The largest absolute Gasteiger partial charge is 0.472 e. The number of carbonyl (C=O) groups is 4. The van der Waals surface area contributed by atoms with Crippen LogP contribution in [-0.4, -0.2) is 54.9 Å². The van der Waals surface area contributed by atoms with E-state index in [0.717, 1.165) is 21.1 Å². The van der Waals surface area contributed by atoms with Crippen molar-refractivity contribution in [3.8, 4) is 0 Å². The van der Waals surface area contributed by atoms with Gasteiger partial charge < -0.3 is 28.5 Å². The highest BCUT2D eigenvalue weighted by Crippen LogP contribution is 2.68. The number of fused-ring (bicyclic) bond motifs is 2. The third-order valence-electron chi connectivity index (χ3n) is 8.35. The third kappa shape index (κ3) is 3.03. The van der Waals surface area contributed by atoms with Crippen LogP contribution in [0.5, 0.6) is 0 Å². The molecule has 1 saturated heterocycles. The molecule has 0 radical (unpaired) electrons. The van der Waals surface area contributed by atoms with E-state index in [1.807, 2.05) is 6.92 Å². The summed E-state index contributed by atoms with van der Waals surface area (Å²) in [6, 6.07) is 1.71. The Kier molecular flexibility index (Phi) is 6.00. The van der Waals surface area contributed by atoms with Gasteiger partial charge in [0, 0.05) is 18.9 Å². The number of aliphatic hydroxyl groups is 1. The van der Waals surface area contributed by atoms with Crippen molar-refractivity contribution in [1.82, 2.24) is 0 Å². The predicted octanol–water partition coefficient (Wildman–Crippen LogP) is 2.09. The summed E-state index contributed by atoms with van der Waals surface area (Å²) in [5, 5.41) is 12.0. The third-order valence-corrected chi connectivity index (χ3v) is 8.35. The molecule has 2 heterocycles. The molecule has 3 aliphatic rings. The van der Waals surface area contributed by atoms with E-state index in [9.17, 15) is 24.3 Å². The number of hydrogen-bond acceptors (Lipinski definition) is 10. The molecule has 0 unspecified atom stereocenters. The molecular formula is C24H30O10. The fourth-order valence-corrected chi connectivity index (χ4v) is 6.83. The van der Waals surface area contributed by atoms with Gasteiger partial charge in [-0.2, -0.15) is 0 Å². The van der Waals surface area contributed by atoms with Gasteiger partial charge in [-0.25, -0.2) is 4.79 Å². The molecule has 0 amide bonds. The second kappa shape index (κ2) is 8.41. The Hall–Kier alpha value is -2.88. The molecule has 34 heavy (non-hydrogen) atoms. The van der Waals surface area contributed by atoms with E-state index < -0.39 is 58.4 Å². The van der Waals surface area contributed by atoms with E-state index in [0.29, 0.717) is 12.0 Å². The minimum Gasteiger partial charge on any atom is -0.472 e. The lowest BCUT2D eigenvalue weighted by Crippen LogP contribution is -2.75. The van der Waals surface area contributed by atoms with Crippen LogP contribution in [0.2, 0.25) is 0 Å². The van der Waals surface area contributed by atoms with Crippen LogP contribution in [-0.2, 0) is 38.1 Å². The Morgan fingerprint density at radius 2 is 1.82 bits per heavy atom. The molecular weight excluding hydrogens is 448 g/mol. The van der Waals surface area contributed by atoms with Crippen LogP contribution in [0.15, 0.2) is 23.0 Å². The zero-order valence-electron chi connectivity index (χ0n) is 19.7. The number of cyclic esters (lactones) is 1. The number of furan rings is 1. The molecule has 4 rings (SSSR count). The summed E-state index contributed by atoms with van der Waals surface area (Å²) in [7, 11) is 2.24. The fourth-order valence-electron chi connectivity index (χ4n) is 6.83. The average molecular weight is 478 g/mol.